The molecule has 0 atom stereocenters. The molecule has 0 spiro atoms. The second kappa shape index (κ2) is 10.6. The van der Waals surface area contributed by atoms with Crippen molar-refractivity contribution in [3.8, 4) is 5.69 Å². The van der Waals surface area contributed by atoms with Crippen LogP contribution in [0.15, 0.2) is 161 Å². The maximum atomic E-state index is 15.2. The monoisotopic (exact) mass is 565 g/mol. The van der Waals surface area contributed by atoms with Gasteiger partial charge in [0, 0.05) is 42.2 Å². The number of aryl methyl sites for hydroxylation is 1. The molecule has 41 heavy (non-hydrogen) atoms. The topological polar surface area (TPSA) is 22.0 Å². The molecule has 0 radical (unpaired) electrons. The van der Waals surface area contributed by atoms with E-state index in [-0.39, 0.29) is 0 Å². The Hall–Kier alpha value is -4.30. The Morgan fingerprint density at radius 2 is 1.07 bits per heavy atom. The summed E-state index contributed by atoms with van der Waals surface area (Å²) in [7, 11) is -3.11. The minimum atomic E-state index is -3.11. The summed E-state index contributed by atoms with van der Waals surface area (Å²) in [5, 5.41) is 4.77. The first kappa shape index (κ1) is 25.7. The predicted molar refractivity (Wildman–Crippen MR) is 175 cm³/mol. The fourth-order valence-corrected chi connectivity index (χ4v) is 9.29. The molecule has 0 unspecified atom stereocenters. The number of fused-ring (bicyclic) bond motifs is 3. The molecule has 6 aromatic carbocycles. The van der Waals surface area contributed by atoms with Gasteiger partial charge in [0.25, 0.3) is 0 Å². The summed E-state index contributed by atoms with van der Waals surface area (Å²) in [5.41, 5.74) is 4.58. The van der Waals surface area contributed by atoms with Crippen LogP contribution in [0.2, 0.25) is 0 Å². The number of hydrogen-bond donors (Lipinski definition) is 0. The summed E-state index contributed by atoms with van der Waals surface area (Å²) in [5.74, 6) is 0. The van der Waals surface area contributed by atoms with Gasteiger partial charge in [0.2, 0.25) is 0 Å². The number of hydrogen-bond acceptors (Lipinski definition) is 2. The van der Waals surface area contributed by atoms with Gasteiger partial charge in [-0.05, 0) is 67.6 Å². The highest BCUT2D eigenvalue weighted by molar-refractivity contribution is 7.99. The van der Waals surface area contributed by atoms with Crippen LogP contribution in [-0.2, 0) is 4.57 Å². The van der Waals surface area contributed by atoms with E-state index in [1.807, 2.05) is 66.7 Å². The van der Waals surface area contributed by atoms with Crippen molar-refractivity contribution in [1.29, 1.82) is 0 Å². The third-order valence-electron chi connectivity index (χ3n) is 7.56. The third kappa shape index (κ3) is 4.62. The summed E-state index contributed by atoms with van der Waals surface area (Å²) in [6, 6.07) is 51.9. The van der Waals surface area contributed by atoms with E-state index in [1.165, 1.54) is 15.4 Å². The quantitative estimate of drug-likeness (QED) is 0.188. The molecule has 0 aliphatic heterocycles. The first-order valence-electron chi connectivity index (χ1n) is 13.7. The van der Waals surface area contributed by atoms with E-state index < -0.39 is 7.14 Å². The zero-order valence-corrected chi connectivity index (χ0v) is 24.4. The molecule has 7 aromatic rings. The summed E-state index contributed by atoms with van der Waals surface area (Å²) in [4.78, 5) is 2.39. The zero-order chi connectivity index (χ0) is 27.8. The van der Waals surface area contributed by atoms with Gasteiger partial charge >= 0.3 is 0 Å². The van der Waals surface area contributed by atoms with Crippen molar-refractivity contribution in [3.05, 3.63) is 157 Å². The van der Waals surface area contributed by atoms with Crippen LogP contribution in [0.3, 0.4) is 0 Å². The van der Waals surface area contributed by atoms with Crippen molar-refractivity contribution >= 4 is 56.6 Å². The summed E-state index contributed by atoms with van der Waals surface area (Å²) < 4.78 is 17.5. The summed E-state index contributed by atoms with van der Waals surface area (Å²) in [6.07, 6.45) is 0. The van der Waals surface area contributed by atoms with Gasteiger partial charge in [-0.2, -0.15) is 0 Å². The lowest BCUT2D eigenvalue weighted by Crippen LogP contribution is -2.24. The fourth-order valence-electron chi connectivity index (χ4n) is 5.64. The minimum absolute atomic E-state index is 0.839. The molecule has 1 aromatic heterocycles. The number of rotatable bonds is 6. The van der Waals surface area contributed by atoms with E-state index in [1.54, 1.807) is 11.8 Å². The molecule has 2 nitrogen and oxygen atoms in total. The van der Waals surface area contributed by atoms with Crippen molar-refractivity contribution in [2.75, 3.05) is 0 Å². The molecule has 0 amide bonds. The first-order valence-corrected chi connectivity index (χ1v) is 16.2. The molecule has 4 heteroatoms. The van der Waals surface area contributed by atoms with E-state index >= 15 is 4.57 Å². The van der Waals surface area contributed by atoms with Crippen LogP contribution in [0.4, 0.5) is 0 Å². The van der Waals surface area contributed by atoms with Gasteiger partial charge in [0.15, 0.2) is 7.14 Å². The lowest BCUT2D eigenvalue weighted by atomic mass is 10.1. The largest absolute Gasteiger partial charge is 0.309 e. The maximum absolute atomic E-state index is 15.2. The summed E-state index contributed by atoms with van der Waals surface area (Å²) in [6.45, 7) is 2.13. The second-order valence-corrected chi connectivity index (χ2v) is 14.2. The number of para-hydroxylation sites is 1. The Kier molecular flexibility index (Phi) is 6.63. The van der Waals surface area contributed by atoms with Crippen LogP contribution in [0.5, 0.6) is 0 Å². The van der Waals surface area contributed by atoms with Crippen molar-refractivity contribution in [1.82, 2.24) is 4.57 Å². The Morgan fingerprint density at radius 3 is 1.71 bits per heavy atom. The molecule has 198 valence electrons. The van der Waals surface area contributed by atoms with Crippen molar-refractivity contribution in [2.45, 2.75) is 16.7 Å². The SMILES string of the molecule is Cc1cccc(Sc2ccc3c(c2)c2cc(P(=O)(c4ccccc4)c4ccccc4)ccc2n3-c2ccccc2)c1. The van der Waals surface area contributed by atoms with Crippen LogP contribution in [0.1, 0.15) is 5.56 Å². The van der Waals surface area contributed by atoms with E-state index in [0.717, 1.165) is 43.4 Å². The molecule has 0 bridgehead atoms. The standard InChI is InChI=1S/C37H28NOPS/c1-27-12-11-19-32(24-27)41-33-21-23-37-35(26-33)34-25-31(20-22-36(34)38(37)28-13-5-2-6-14-28)40(39,29-15-7-3-8-16-29)30-17-9-4-10-18-30/h2-26H,1H3. The molecule has 0 N–H and O–H groups in total. The van der Waals surface area contributed by atoms with E-state index in [4.69, 9.17) is 0 Å². The molecular weight excluding hydrogens is 537 g/mol. The van der Waals surface area contributed by atoms with Gasteiger partial charge in [-0.15, -0.1) is 0 Å². The lowest BCUT2D eigenvalue weighted by Gasteiger charge is -2.20. The molecule has 0 aliphatic carbocycles. The number of nitrogens with zero attached hydrogens (tertiary/aromatic N) is 1. The molecule has 0 fully saturated rings. The fraction of sp³-hybridized carbons (Fsp3) is 0.0270. The van der Waals surface area contributed by atoms with Crippen LogP contribution in [-0.4, -0.2) is 4.57 Å². The Bertz CT molecular complexity index is 2010. The molecule has 0 saturated carbocycles. The molecule has 0 saturated heterocycles. The van der Waals surface area contributed by atoms with Gasteiger partial charge in [-0.3, -0.25) is 0 Å². The highest BCUT2D eigenvalue weighted by Gasteiger charge is 2.30. The average molecular weight is 566 g/mol. The molecule has 0 aliphatic rings. The highest BCUT2D eigenvalue weighted by Crippen LogP contribution is 2.44. The Morgan fingerprint density at radius 1 is 0.512 bits per heavy atom. The number of aromatic nitrogens is 1. The van der Waals surface area contributed by atoms with Crippen LogP contribution < -0.4 is 15.9 Å². The predicted octanol–water partition coefficient (Wildman–Crippen LogP) is 8.88. The van der Waals surface area contributed by atoms with E-state index in [0.29, 0.717) is 0 Å². The Labute approximate surface area is 244 Å². The molecule has 7 rings (SSSR count). The van der Waals surface area contributed by atoms with Gasteiger partial charge in [0.1, 0.15) is 0 Å². The van der Waals surface area contributed by atoms with Gasteiger partial charge in [-0.1, -0.05) is 108 Å². The average Bonchev–Trinajstić information content (AvgIpc) is 3.35. The van der Waals surface area contributed by atoms with Crippen LogP contribution in [0.25, 0.3) is 27.5 Å². The first-order chi connectivity index (χ1) is 20.1. The highest BCUT2D eigenvalue weighted by atomic mass is 32.2. The van der Waals surface area contributed by atoms with Gasteiger partial charge in [0.05, 0.1) is 11.0 Å². The third-order valence-corrected chi connectivity index (χ3v) is 11.6. The maximum Gasteiger partial charge on any atom is 0.171 e. The van der Waals surface area contributed by atoms with Crippen LogP contribution in [0, 0.1) is 6.92 Å². The zero-order valence-electron chi connectivity index (χ0n) is 22.6. The number of benzene rings is 6. The molecule has 1 heterocycles. The smallest absolute Gasteiger partial charge is 0.171 e. The van der Waals surface area contributed by atoms with Crippen molar-refractivity contribution in [3.63, 3.8) is 0 Å². The van der Waals surface area contributed by atoms with E-state index in [2.05, 4.69) is 96.4 Å². The van der Waals surface area contributed by atoms with Crippen LogP contribution >= 0.6 is 18.9 Å². The van der Waals surface area contributed by atoms with Gasteiger partial charge < -0.3 is 9.13 Å². The molecular formula is C37H28NOPS. The van der Waals surface area contributed by atoms with Crippen molar-refractivity contribution < 1.29 is 4.57 Å². The second-order valence-electron chi connectivity index (χ2n) is 10.3. The van der Waals surface area contributed by atoms with Gasteiger partial charge in [-0.25, -0.2) is 0 Å². The normalized spacial score (nSPS) is 11.7. The Balaban J connectivity index is 1.49. The minimum Gasteiger partial charge on any atom is -0.309 e. The van der Waals surface area contributed by atoms with E-state index in [9.17, 15) is 0 Å². The van der Waals surface area contributed by atoms with Crippen molar-refractivity contribution in [2.24, 2.45) is 0 Å². The lowest BCUT2D eigenvalue weighted by molar-refractivity contribution is 0.592. The summed E-state index contributed by atoms with van der Waals surface area (Å²) >= 11 is 1.77.